The van der Waals surface area contributed by atoms with Crippen molar-refractivity contribution in [2.75, 3.05) is 19.4 Å². The van der Waals surface area contributed by atoms with Crippen molar-refractivity contribution >= 4 is 28.3 Å². The van der Waals surface area contributed by atoms with Crippen LogP contribution in [-0.2, 0) is 0 Å². The van der Waals surface area contributed by atoms with Gasteiger partial charge in [0, 0.05) is 19.7 Å². The maximum atomic E-state index is 12.1. The summed E-state index contributed by atoms with van der Waals surface area (Å²) in [6.07, 6.45) is 0. The summed E-state index contributed by atoms with van der Waals surface area (Å²) in [4.78, 5) is 30.3. The van der Waals surface area contributed by atoms with Crippen molar-refractivity contribution in [3.63, 3.8) is 0 Å². The molecule has 0 fully saturated rings. The number of carbonyl (C=O) groups is 2. The molecule has 0 aliphatic carbocycles. The molecular weight excluding hydrogens is 286 g/mol. The van der Waals surface area contributed by atoms with Gasteiger partial charge in [0.1, 0.15) is 4.88 Å². The maximum absolute atomic E-state index is 12.1. The molecule has 0 aliphatic heterocycles. The second-order valence-electron chi connectivity index (χ2n) is 4.95. The molecule has 0 saturated carbocycles. The molecule has 21 heavy (non-hydrogen) atoms. The van der Waals surface area contributed by atoms with Crippen LogP contribution in [0.25, 0.3) is 0 Å². The van der Waals surface area contributed by atoms with Gasteiger partial charge in [-0.3, -0.25) is 14.9 Å². The van der Waals surface area contributed by atoms with Gasteiger partial charge in [-0.15, -0.1) is 0 Å². The zero-order chi connectivity index (χ0) is 15.6. The lowest BCUT2D eigenvalue weighted by Crippen LogP contribution is -2.21. The molecule has 1 aromatic carbocycles. The summed E-state index contributed by atoms with van der Waals surface area (Å²) in [7, 11) is 3.37. The Morgan fingerprint density at radius 3 is 2.33 bits per heavy atom. The number of amides is 2. The Morgan fingerprint density at radius 2 is 1.76 bits per heavy atom. The second-order valence-corrected chi connectivity index (χ2v) is 5.95. The fraction of sp³-hybridized carbons (Fsp3) is 0.267. The highest BCUT2D eigenvalue weighted by Gasteiger charge is 2.18. The number of anilines is 1. The second kappa shape index (κ2) is 6.05. The molecule has 0 radical (unpaired) electrons. The van der Waals surface area contributed by atoms with Crippen molar-refractivity contribution in [3.05, 3.63) is 46.0 Å². The van der Waals surface area contributed by atoms with E-state index in [-0.39, 0.29) is 11.8 Å². The molecule has 0 saturated heterocycles. The highest BCUT2D eigenvalue weighted by atomic mass is 32.1. The van der Waals surface area contributed by atoms with Crippen LogP contribution >= 0.6 is 11.3 Å². The lowest BCUT2D eigenvalue weighted by atomic mass is 10.1. The van der Waals surface area contributed by atoms with Crippen LogP contribution in [0.5, 0.6) is 0 Å². The van der Waals surface area contributed by atoms with Crippen LogP contribution in [0, 0.1) is 13.8 Å². The summed E-state index contributed by atoms with van der Waals surface area (Å²) < 4.78 is 0. The molecule has 1 N–H and O–H groups in total. The van der Waals surface area contributed by atoms with Gasteiger partial charge in [-0.2, -0.15) is 0 Å². The van der Waals surface area contributed by atoms with Gasteiger partial charge < -0.3 is 4.90 Å². The Morgan fingerprint density at radius 1 is 1.14 bits per heavy atom. The first-order valence-corrected chi connectivity index (χ1v) is 7.27. The average molecular weight is 303 g/mol. The number of aromatic nitrogens is 1. The van der Waals surface area contributed by atoms with Crippen molar-refractivity contribution in [1.29, 1.82) is 0 Å². The molecule has 6 heteroatoms. The van der Waals surface area contributed by atoms with E-state index in [2.05, 4.69) is 10.3 Å². The van der Waals surface area contributed by atoms with Crippen molar-refractivity contribution in [1.82, 2.24) is 9.88 Å². The molecule has 2 rings (SSSR count). The highest BCUT2D eigenvalue weighted by Crippen LogP contribution is 2.24. The van der Waals surface area contributed by atoms with E-state index >= 15 is 0 Å². The molecule has 110 valence electrons. The van der Waals surface area contributed by atoms with Gasteiger partial charge in [-0.1, -0.05) is 29.0 Å². The molecule has 0 unspecified atom stereocenters. The third-order valence-electron chi connectivity index (χ3n) is 2.93. The van der Waals surface area contributed by atoms with E-state index in [9.17, 15) is 9.59 Å². The van der Waals surface area contributed by atoms with Gasteiger partial charge in [0.05, 0.1) is 5.69 Å². The Bertz CT molecular complexity index is 675. The van der Waals surface area contributed by atoms with Crippen LogP contribution in [0.1, 0.15) is 31.3 Å². The summed E-state index contributed by atoms with van der Waals surface area (Å²) >= 11 is 1.19. The van der Waals surface area contributed by atoms with E-state index in [1.165, 1.54) is 16.2 Å². The van der Waals surface area contributed by atoms with Crippen molar-refractivity contribution in [3.8, 4) is 0 Å². The lowest BCUT2D eigenvalue weighted by molar-refractivity contribution is 0.0831. The Hall–Kier alpha value is -2.21. The van der Waals surface area contributed by atoms with Crippen molar-refractivity contribution in [2.45, 2.75) is 13.8 Å². The molecule has 2 amide bonds. The molecular formula is C15H17N3O2S. The van der Waals surface area contributed by atoms with E-state index in [4.69, 9.17) is 0 Å². The number of rotatable bonds is 3. The Balaban J connectivity index is 2.17. The van der Waals surface area contributed by atoms with Crippen molar-refractivity contribution < 1.29 is 9.59 Å². The molecule has 5 nitrogen and oxygen atoms in total. The predicted octanol–water partition coefficient (Wildman–Crippen LogP) is 2.71. The monoisotopic (exact) mass is 303 g/mol. The Labute approximate surface area is 127 Å². The van der Waals surface area contributed by atoms with Gasteiger partial charge in [0.25, 0.3) is 11.8 Å². The minimum atomic E-state index is -0.229. The molecule has 2 aromatic rings. The van der Waals surface area contributed by atoms with E-state index in [0.717, 1.165) is 5.56 Å². The number of nitrogens with one attached hydrogen (secondary N) is 1. The normalized spacial score (nSPS) is 10.3. The third kappa shape index (κ3) is 3.46. The van der Waals surface area contributed by atoms with E-state index < -0.39 is 0 Å². The van der Waals surface area contributed by atoms with Gasteiger partial charge in [-0.05, 0) is 26.0 Å². The van der Waals surface area contributed by atoms with Crippen LogP contribution in [0.4, 0.5) is 5.13 Å². The molecule has 0 aliphatic rings. The number of carbonyl (C=O) groups excluding carboxylic acids is 2. The van der Waals surface area contributed by atoms with E-state index in [1.807, 2.05) is 19.1 Å². The largest absolute Gasteiger partial charge is 0.344 e. The number of aryl methyl sites for hydroxylation is 2. The number of hydrogen-bond acceptors (Lipinski definition) is 4. The standard InChI is InChI=1S/C15H17N3O2S/c1-9-5-7-11(8-6-9)13(19)17-15-16-10(2)12(21-15)14(20)18(3)4/h5-8H,1-4H3,(H,16,17,19). The van der Waals surface area contributed by atoms with E-state index in [1.54, 1.807) is 33.2 Å². The van der Waals surface area contributed by atoms with Crippen LogP contribution in [0.15, 0.2) is 24.3 Å². The summed E-state index contributed by atoms with van der Waals surface area (Å²) in [6, 6.07) is 7.28. The number of thiazole rings is 1. The predicted molar refractivity (Wildman–Crippen MR) is 84.0 cm³/mol. The zero-order valence-electron chi connectivity index (χ0n) is 12.4. The zero-order valence-corrected chi connectivity index (χ0v) is 13.2. The quantitative estimate of drug-likeness (QED) is 0.948. The van der Waals surface area contributed by atoms with Crippen LogP contribution < -0.4 is 5.32 Å². The number of benzene rings is 1. The smallest absolute Gasteiger partial charge is 0.265 e. The first-order chi connectivity index (χ1) is 9.88. The van der Waals surface area contributed by atoms with Gasteiger partial charge in [0.2, 0.25) is 0 Å². The van der Waals surface area contributed by atoms with Gasteiger partial charge in [-0.25, -0.2) is 4.98 Å². The SMILES string of the molecule is Cc1ccc(C(=O)Nc2nc(C)c(C(=O)N(C)C)s2)cc1. The topological polar surface area (TPSA) is 62.3 Å². The summed E-state index contributed by atoms with van der Waals surface area (Å²) in [6.45, 7) is 3.72. The summed E-state index contributed by atoms with van der Waals surface area (Å²) in [5, 5.41) is 3.16. The fourth-order valence-electron chi connectivity index (χ4n) is 1.73. The van der Waals surface area contributed by atoms with Gasteiger partial charge in [0.15, 0.2) is 5.13 Å². The average Bonchev–Trinajstić information content (AvgIpc) is 2.79. The van der Waals surface area contributed by atoms with E-state index in [0.29, 0.717) is 21.3 Å². The third-order valence-corrected chi connectivity index (χ3v) is 3.99. The lowest BCUT2D eigenvalue weighted by Gasteiger charge is -2.07. The summed E-state index contributed by atoms with van der Waals surface area (Å²) in [5.74, 6) is -0.339. The maximum Gasteiger partial charge on any atom is 0.265 e. The number of nitrogens with zero attached hydrogens (tertiary/aromatic N) is 2. The molecule has 1 aromatic heterocycles. The molecule has 0 spiro atoms. The van der Waals surface area contributed by atoms with Crippen molar-refractivity contribution in [2.24, 2.45) is 0 Å². The number of hydrogen-bond donors (Lipinski definition) is 1. The van der Waals surface area contributed by atoms with Crippen LogP contribution in [0.2, 0.25) is 0 Å². The van der Waals surface area contributed by atoms with Crippen LogP contribution in [-0.4, -0.2) is 35.8 Å². The van der Waals surface area contributed by atoms with Crippen LogP contribution in [0.3, 0.4) is 0 Å². The fourth-order valence-corrected chi connectivity index (χ4v) is 2.71. The first-order valence-electron chi connectivity index (χ1n) is 6.45. The summed E-state index contributed by atoms with van der Waals surface area (Å²) in [5.41, 5.74) is 2.28. The molecule has 0 atom stereocenters. The molecule has 1 heterocycles. The van der Waals surface area contributed by atoms with Gasteiger partial charge >= 0.3 is 0 Å². The Kier molecular flexibility index (Phi) is 4.37. The minimum absolute atomic E-state index is 0.110. The minimum Gasteiger partial charge on any atom is -0.344 e. The first kappa shape index (κ1) is 15.2. The molecule has 0 bridgehead atoms. The highest BCUT2D eigenvalue weighted by molar-refractivity contribution is 7.17.